The number of carbonyl (C=O) groups excluding carboxylic acids is 2. The number of methoxy groups -OCH3 is 2. The van der Waals surface area contributed by atoms with Gasteiger partial charge in [0.15, 0.2) is 11.5 Å². The van der Waals surface area contributed by atoms with E-state index in [2.05, 4.69) is 10.6 Å². The number of ether oxygens (including phenoxy) is 2. The van der Waals surface area contributed by atoms with Gasteiger partial charge in [0.1, 0.15) is 11.5 Å². The molecule has 0 fully saturated rings. The average Bonchev–Trinajstić information content (AvgIpc) is 3.29. The molecule has 1 aromatic heterocycles. The lowest BCUT2D eigenvalue weighted by Crippen LogP contribution is -2.34. The first-order chi connectivity index (χ1) is 15.0. The molecule has 31 heavy (non-hydrogen) atoms. The number of nitrogens with one attached hydrogen (secondary N) is 2. The molecule has 0 bridgehead atoms. The van der Waals surface area contributed by atoms with E-state index >= 15 is 0 Å². The maximum atomic E-state index is 12.9. The molecule has 0 aliphatic carbocycles. The average molecular weight is 420 g/mol. The smallest absolute Gasteiger partial charge is 0.268 e. The Morgan fingerprint density at radius 3 is 2.48 bits per heavy atom. The van der Waals surface area contributed by atoms with Crippen molar-refractivity contribution in [1.82, 2.24) is 10.6 Å². The second-order valence-corrected chi connectivity index (χ2v) is 6.77. The fourth-order valence-corrected chi connectivity index (χ4v) is 2.92. The summed E-state index contributed by atoms with van der Waals surface area (Å²) >= 11 is 0. The molecule has 3 rings (SSSR count). The van der Waals surface area contributed by atoms with E-state index in [1.807, 2.05) is 19.1 Å². The van der Waals surface area contributed by atoms with Crippen LogP contribution in [-0.2, 0) is 11.3 Å². The van der Waals surface area contributed by atoms with Crippen molar-refractivity contribution < 1.29 is 23.5 Å². The van der Waals surface area contributed by atoms with Crippen molar-refractivity contribution in [3.63, 3.8) is 0 Å². The molecule has 0 aliphatic heterocycles. The van der Waals surface area contributed by atoms with Gasteiger partial charge in [0.2, 0.25) is 0 Å². The first kappa shape index (κ1) is 21.7. The van der Waals surface area contributed by atoms with Crippen molar-refractivity contribution in [1.29, 1.82) is 0 Å². The van der Waals surface area contributed by atoms with E-state index in [-0.39, 0.29) is 18.1 Å². The normalized spacial score (nSPS) is 11.0. The van der Waals surface area contributed by atoms with Gasteiger partial charge >= 0.3 is 0 Å². The highest BCUT2D eigenvalue weighted by Gasteiger charge is 2.16. The van der Waals surface area contributed by atoms with Crippen molar-refractivity contribution in [2.75, 3.05) is 14.2 Å². The van der Waals surface area contributed by atoms with Crippen molar-refractivity contribution in [3.05, 3.63) is 89.0 Å². The van der Waals surface area contributed by atoms with Crippen molar-refractivity contribution in [3.8, 4) is 11.5 Å². The fraction of sp³-hybridized carbons (Fsp3) is 0.167. The van der Waals surface area contributed by atoms with Gasteiger partial charge in [0.05, 0.1) is 20.5 Å². The third kappa shape index (κ3) is 5.76. The first-order valence-electron chi connectivity index (χ1n) is 9.62. The highest BCUT2D eigenvalue weighted by Crippen LogP contribution is 2.27. The summed E-state index contributed by atoms with van der Waals surface area (Å²) in [4.78, 5) is 25.5. The summed E-state index contributed by atoms with van der Waals surface area (Å²) in [5.41, 5.74) is 2.29. The van der Waals surface area contributed by atoms with Crippen molar-refractivity contribution in [2.45, 2.75) is 13.5 Å². The molecular formula is C24H24N2O5. The topological polar surface area (TPSA) is 89.8 Å². The molecule has 2 N–H and O–H groups in total. The van der Waals surface area contributed by atoms with Crippen molar-refractivity contribution >= 4 is 17.9 Å². The lowest BCUT2D eigenvalue weighted by Gasteiger charge is -2.13. The second kappa shape index (κ2) is 10.2. The minimum Gasteiger partial charge on any atom is -0.493 e. The fourth-order valence-electron chi connectivity index (χ4n) is 2.92. The van der Waals surface area contributed by atoms with E-state index in [0.29, 0.717) is 22.8 Å². The van der Waals surface area contributed by atoms with Gasteiger partial charge < -0.3 is 24.5 Å². The molecule has 7 heteroatoms. The van der Waals surface area contributed by atoms with Crippen LogP contribution in [-0.4, -0.2) is 26.0 Å². The van der Waals surface area contributed by atoms with Crippen LogP contribution in [0, 0.1) is 6.92 Å². The number of benzene rings is 2. The van der Waals surface area contributed by atoms with Crippen LogP contribution in [0.1, 0.15) is 27.2 Å². The standard InChI is InChI=1S/C24H24N2O5/c1-16-6-4-7-18(12-16)23(27)26-20(14-19-8-5-11-31-19)24(28)25-15-17-9-10-21(29-2)22(13-17)30-3/h4-14H,15H2,1-3H3,(H,25,28)(H,26,27)/b20-14-. The van der Waals surface area contributed by atoms with Crippen LogP contribution in [0.4, 0.5) is 0 Å². The van der Waals surface area contributed by atoms with Gasteiger partial charge in [-0.15, -0.1) is 0 Å². The van der Waals surface area contributed by atoms with Crippen LogP contribution in [0.3, 0.4) is 0 Å². The molecule has 160 valence electrons. The number of aryl methyl sites for hydroxylation is 1. The molecule has 3 aromatic rings. The Morgan fingerprint density at radius 2 is 1.81 bits per heavy atom. The van der Waals surface area contributed by atoms with Crippen LogP contribution in [0.5, 0.6) is 11.5 Å². The zero-order valence-corrected chi connectivity index (χ0v) is 17.6. The lowest BCUT2D eigenvalue weighted by molar-refractivity contribution is -0.117. The zero-order chi connectivity index (χ0) is 22.2. The Kier molecular flexibility index (Phi) is 7.11. The molecule has 0 radical (unpaired) electrons. The number of hydrogen-bond acceptors (Lipinski definition) is 5. The number of furan rings is 1. The quantitative estimate of drug-likeness (QED) is 0.543. The minimum atomic E-state index is -0.452. The van der Waals surface area contributed by atoms with Crippen molar-refractivity contribution in [2.24, 2.45) is 0 Å². The molecule has 7 nitrogen and oxygen atoms in total. The zero-order valence-electron chi connectivity index (χ0n) is 17.6. The van der Waals surface area contributed by atoms with E-state index in [9.17, 15) is 9.59 Å². The summed E-state index contributed by atoms with van der Waals surface area (Å²) in [7, 11) is 3.10. The van der Waals surface area contributed by atoms with Gasteiger partial charge in [0.25, 0.3) is 11.8 Å². The Hall–Kier alpha value is -4.00. The molecule has 0 spiro atoms. The summed E-state index contributed by atoms with van der Waals surface area (Å²) < 4.78 is 15.8. The Morgan fingerprint density at radius 1 is 1.00 bits per heavy atom. The van der Waals surface area contributed by atoms with Gasteiger partial charge in [-0.3, -0.25) is 9.59 Å². The van der Waals surface area contributed by atoms with Gasteiger partial charge in [-0.1, -0.05) is 23.8 Å². The van der Waals surface area contributed by atoms with Gasteiger partial charge in [-0.05, 0) is 48.9 Å². The molecule has 0 aliphatic rings. The van der Waals surface area contributed by atoms with E-state index in [1.165, 1.54) is 12.3 Å². The van der Waals surface area contributed by atoms with Gasteiger partial charge in [0, 0.05) is 18.2 Å². The molecule has 0 saturated carbocycles. The third-order valence-electron chi connectivity index (χ3n) is 4.50. The van der Waals surface area contributed by atoms with E-state index in [0.717, 1.165) is 11.1 Å². The number of hydrogen-bond donors (Lipinski definition) is 2. The van der Waals surface area contributed by atoms with Gasteiger partial charge in [-0.2, -0.15) is 0 Å². The maximum Gasteiger partial charge on any atom is 0.268 e. The van der Waals surface area contributed by atoms with Crippen LogP contribution >= 0.6 is 0 Å². The molecule has 1 heterocycles. The SMILES string of the molecule is COc1ccc(CNC(=O)/C(=C/c2ccco2)NC(=O)c2cccc(C)c2)cc1OC. The van der Waals surface area contributed by atoms with E-state index in [1.54, 1.807) is 56.7 Å². The number of amides is 2. The van der Waals surface area contributed by atoms with Crippen LogP contribution in [0.25, 0.3) is 6.08 Å². The van der Waals surface area contributed by atoms with Gasteiger partial charge in [-0.25, -0.2) is 0 Å². The van der Waals surface area contributed by atoms with E-state index < -0.39 is 5.91 Å². The summed E-state index contributed by atoms with van der Waals surface area (Å²) in [5.74, 6) is 0.769. The lowest BCUT2D eigenvalue weighted by atomic mass is 10.1. The molecule has 0 saturated heterocycles. The minimum absolute atomic E-state index is 0.0712. The Balaban J connectivity index is 1.76. The molecule has 0 atom stereocenters. The molecule has 2 aromatic carbocycles. The summed E-state index contributed by atoms with van der Waals surface area (Å²) in [6, 6.07) is 15.9. The highest BCUT2D eigenvalue weighted by molar-refractivity contribution is 6.05. The molecule has 0 unspecified atom stereocenters. The molecule has 2 amide bonds. The molecular weight excluding hydrogens is 396 g/mol. The van der Waals surface area contributed by atoms with Crippen LogP contribution in [0.15, 0.2) is 71.0 Å². The number of rotatable bonds is 8. The largest absolute Gasteiger partial charge is 0.493 e. The predicted octanol–water partition coefficient (Wildman–Crippen LogP) is 3.69. The first-order valence-corrected chi connectivity index (χ1v) is 9.62. The monoisotopic (exact) mass is 420 g/mol. The summed E-state index contributed by atoms with van der Waals surface area (Å²) in [6.45, 7) is 2.13. The maximum absolute atomic E-state index is 12.9. The third-order valence-corrected chi connectivity index (χ3v) is 4.50. The van der Waals surface area contributed by atoms with Crippen LogP contribution in [0.2, 0.25) is 0 Å². The number of carbonyl (C=O) groups is 2. The predicted molar refractivity (Wildman–Crippen MR) is 117 cm³/mol. The highest BCUT2D eigenvalue weighted by atomic mass is 16.5. The Labute approximate surface area is 180 Å². The second-order valence-electron chi connectivity index (χ2n) is 6.77. The Bertz CT molecular complexity index is 1090. The summed E-state index contributed by atoms with van der Waals surface area (Å²) in [5, 5.41) is 5.49. The summed E-state index contributed by atoms with van der Waals surface area (Å²) in [6.07, 6.45) is 2.98. The van der Waals surface area contributed by atoms with E-state index in [4.69, 9.17) is 13.9 Å². The van der Waals surface area contributed by atoms with Crippen LogP contribution < -0.4 is 20.1 Å².